The molecule has 0 amide bonds. The first-order chi connectivity index (χ1) is 10.0. The summed E-state index contributed by atoms with van der Waals surface area (Å²) < 4.78 is 5.80. The minimum absolute atomic E-state index is 0. The van der Waals surface area contributed by atoms with E-state index in [-0.39, 0.29) is 36.5 Å². The van der Waals surface area contributed by atoms with Crippen LogP contribution in [-0.2, 0) is 0 Å². The molecule has 0 atom stereocenters. The van der Waals surface area contributed by atoms with Crippen molar-refractivity contribution in [2.45, 2.75) is 0 Å². The largest absolute Gasteiger partial charge is 0.456 e. The molecule has 0 aliphatic heterocycles. The van der Waals surface area contributed by atoms with E-state index in [2.05, 4.69) is 0 Å². The highest BCUT2D eigenvalue weighted by atomic mass is 35.5. The number of hydrogen-bond donors (Lipinski definition) is 4. The standard InChI is InChI=1S/C16H14N4O.2ClH/c17-15(18)10-3-1-2-9(6-10)14-8-12-7-11(16(19)20)4-5-13(12)21-14;;/h1-8H,(H3,17,18)(H3,19,20);2*1H. The van der Waals surface area contributed by atoms with Crippen LogP contribution in [0.4, 0.5) is 0 Å². The van der Waals surface area contributed by atoms with Crippen molar-refractivity contribution in [2.24, 2.45) is 11.5 Å². The number of fused-ring (bicyclic) bond motifs is 1. The van der Waals surface area contributed by atoms with Crippen molar-refractivity contribution in [3.8, 4) is 11.3 Å². The van der Waals surface area contributed by atoms with Gasteiger partial charge in [0, 0.05) is 22.1 Å². The third-order valence-electron chi connectivity index (χ3n) is 3.29. The smallest absolute Gasteiger partial charge is 0.135 e. The Kier molecular flexibility index (Phi) is 5.79. The van der Waals surface area contributed by atoms with E-state index in [0.717, 1.165) is 16.5 Å². The van der Waals surface area contributed by atoms with Crippen LogP contribution in [0.5, 0.6) is 0 Å². The van der Waals surface area contributed by atoms with Crippen LogP contribution in [0, 0.1) is 10.8 Å². The lowest BCUT2D eigenvalue weighted by Gasteiger charge is -2.00. The Morgan fingerprint density at radius 3 is 2.13 bits per heavy atom. The van der Waals surface area contributed by atoms with Crippen LogP contribution in [-0.4, -0.2) is 11.7 Å². The van der Waals surface area contributed by atoms with Crippen LogP contribution >= 0.6 is 24.8 Å². The Balaban J connectivity index is 0.00000132. The third kappa shape index (κ3) is 3.64. The van der Waals surface area contributed by atoms with Gasteiger partial charge >= 0.3 is 0 Å². The van der Waals surface area contributed by atoms with Crippen molar-refractivity contribution < 1.29 is 4.42 Å². The van der Waals surface area contributed by atoms with E-state index in [9.17, 15) is 0 Å². The van der Waals surface area contributed by atoms with Gasteiger partial charge in [0.25, 0.3) is 0 Å². The first kappa shape index (κ1) is 18.5. The van der Waals surface area contributed by atoms with E-state index < -0.39 is 0 Å². The third-order valence-corrected chi connectivity index (χ3v) is 3.29. The molecule has 2 aromatic carbocycles. The highest BCUT2D eigenvalue weighted by Crippen LogP contribution is 2.28. The van der Waals surface area contributed by atoms with Crippen molar-refractivity contribution in [1.29, 1.82) is 10.8 Å². The maximum absolute atomic E-state index is 7.49. The summed E-state index contributed by atoms with van der Waals surface area (Å²) in [6.07, 6.45) is 0. The lowest BCUT2D eigenvalue weighted by Crippen LogP contribution is -2.10. The Hall–Kier alpha value is -2.50. The summed E-state index contributed by atoms with van der Waals surface area (Å²) in [7, 11) is 0. The number of rotatable bonds is 3. The number of benzene rings is 2. The van der Waals surface area contributed by atoms with Crippen LogP contribution in [0.1, 0.15) is 11.1 Å². The molecule has 5 nitrogen and oxygen atoms in total. The quantitative estimate of drug-likeness (QED) is 0.428. The zero-order chi connectivity index (χ0) is 15.0. The molecule has 0 unspecified atom stereocenters. The zero-order valence-corrected chi connectivity index (χ0v) is 13.6. The molecule has 0 spiro atoms. The molecule has 120 valence electrons. The monoisotopic (exact) mass is 350 g/mol. The lowest BCUT2D eigenvalue weighted by molar-refractivity contribution is 0.631. The predicted octanol–water partition coefficient (Wildman–Crippen LogP) is 3.51. The Morgan fingerprint density at radius 1 is 0.826 bits per heavy atom. The summed E-state index contributed by atoms with van der Waals surface area (Å²) in [6, 6.07) is 14.6. The molecular formula is C16H16Cl2N4O. The van der Waals surface area contributed by atoms with E-state index >= 15 is 0 Å². The lowest BCUT2D eigenvalue weighted by atomic mass is 10.1. The molecule has 1 heterocycles. The molecule has 7 heteroatoms. The van der Waals surface area contributed by atoms with E-state index in [4.69, 9.17) is 26.7 Å². The highest BCUT2D eigenvalue weighted by molar-refractivity contribution is 5.99. The van der Waals surface area contributed by atoms with Crippen molar-refractivity contribution in [2.75, 3.05) is 0 Å². The fourth-order valence-corrected chi connectivity index (χ4v) is 2.19. The van der Waals surface area contributed by atoms with Gasteiger partial charge in [-0.3, -0.25) is 10.8 Å². The van der Waals surface area contributed by atoms with Crippen LogP contribution in [0.3, 0.4) is 0 Å². The average molecular weight is 351 g/mol. The SMILES string of the molecule is Cl.Cl.N=C(N)c1cccc(-c2cc3cc(C(=N)N)ccc3o2)c1. The Labute approximate surface area is 145 Å². The van der Waals surface area contributed by atoms with Crippen LogP contribution in [0.25, 0.3) is 22.3 Å². The minimum Gasteiger partial charge on any atom is -0.456 e. The number of furan rings is 1. The summed E-state index contributed by atoms with van der Waals surface area (Å²) in [6.45, 7) is 0. The molecule has 0 aliphatic rings. The molecule has 0 aliphatic carbocycles. The average Bonchev–Trinajstić information content (AvgIpc) is 2.90. The van der Waals surface area contributed by atoms with E-state index in [1.54, 1.807) is 18.2 Å². The van der Waals surface area contributed by atoms with Crippen molar-refractivity contribution >= 4 is 47.5 Å². The van der Waals surface area contributed by atoms with Gasteiger partial charge in [-0.15, -0.1) is 24.8 Å². The first-order valence-corrected chi connectivity index (χ1v) is 6.37. The maximum atomic E-state index is 7.49. The van der Waals surface area contributed by atoms with E-state index in [1.807, 2.05) is 30.3 Å². The normalized spacial score (nSPS) is 9.74. The molecule has 0 saturated carbocycles. The minimum atomic E-state index is 0. The summed E-state index contributed by atoms with van der Waals surface area (Å²) in [5.74, 6) is 0.735. The Morgan fingerprint density at radius 2 is 1.48 bits per heavy atom. The molecule has 0 fully saturated rings. The molecule has 3 aromatic rings. The van der Waals surface area contributed by atoms with Crippen molar-refractivity contribution in [3.63, 3.8) is 0 Å². The highest BCUT2D eigenvalue weighted by Gasteiger charge is 2.09. The van der Waals surface area contributed by atoms with Gasteiger partial charge in [0.05, 0.1) is 0 Å². The summed E-state index contributed by atoms with van der Waals surface area (Å²) in [5, 5.41) is 15.8. The predicted molar refractivity (Wildman–Crippen MR) is 98.2 cm³/mol. The zero-order valence-electron chi connectivity index (χ0n) is 12.0. The fraction of sp³-hybridized carbons (Fsp3) is 0. The number of nitrogens with one attached hydrogen (secondary N) is 2. The van der Waals surface area contributed by atoms with Crippen LogP contribution < -0.4 is 11.5 Å². The Bertz CT molecular complexity index is 873. The van der Waals surface area contributed by atoms with Gasteiger partial charge in [-0.25, -0.2) is 0 Å². The van der Waals surface area contributed by atoms with Crippen LogP contribution in [0.2, 0.25) is 0 Å². The molecule has 6 N–H and O–H groups in total. The van der Waals surface area contributed by atoms with Gasteiger partial charge < -0.3 is 15.9 Å². The molecule has 0 saturated heterocycles. The van der Waals surface area contributed by atoms with Crippen LogP contribution in [0.15, 0.2) is 52.9 Å². The molecule has 23 heavy (non-hydrogen) atoms. The second kappa shape index (κ2) is 7.17. The van der Waals surface area contributed by atoms with Crippen molar-refractivity contribution in [3.05, 3.63) is 59.7 Å². The van der Waals surface area contributed by atoms with E-state index in [0.29, 0.717) is 16.9 Å². The van der Waals surface area contributed by atoms with Gasteiger partial charge in [-0.05, 0) is 30.3 Å². The van der Waals surface area contributed by atoms with Crippen molar-refractivity contribution in [1.82, 2.24) is 0 Å². The molecule has 1 aromatic heterocycles. The van der Waals surface area contributed by atoms with Gasteiger partial charge in [-0.2, -0.15) is 0 Å². The number of hydrogen-bond acceptors (Lipinski definition) is 3. The number of amidine groups is 2. The second-order valence-corrected chi connectivity index (χ2v) is 4.77. The second-order valence-electron chi connectivity index (χ2n) is 4.77. The maximum Gasteiger partial charge on any atom is 0.135 e. The number of nitrogen functional groups attached to an aromatic ring is 2. The fourth-order valence-electron chi connectivity index (χ4n) is 2.19. The first-order valence-electron chi connectivity index (χ1n) is 6.37. The summed E-state index contributed by atoms with van der Waals surface area (Å²) in [5.41, 5.74) is 13.9. The molecule has 0 bridgehead atoms. The molecule has 3 rings (SSSR count). The van der Waals surface area contributed by atoms with E-state index in [1.165, 1.54) is 0 Å². The topological polar surface area (TPSA) is 113 Å². The summed E-state index contributed by atoms with van der Waals surface area (Å²) in [4.78, 5) is 0. The molecular weight excluding hydrogens is 335 g/mol. The van der Waals surface area contributed by atoms with Gasteiger partial charge in [0.15, 0.2) is 0 Å². The molecule has 0 radical (unpaired) electrons. The number of nitrogens with two attached hydrogens (primary N) is 2. The van der Waals surface area contributed by atoms with Gasteiger partial charge in [0.1, 0.15) is 23.0 Å². The number of halogens is 2. The summed E-state index contributed by atoms with van der Waals surface area (Å²) >= 11 is 0. The van der Waals surface area contributed by atoms with Gasteiger partial charge in [0.2, 0.25) is 0 Å². The van der Waals surface area contributed by atoms with Gasteiger partial charge in [-0.1, -0.05) is 18.2 Å².